The van der Waals surface area contributed by atoms with Gasteiger partial charge in [-0.1, -0.05) is 13.8 Å². The lowest BCUT2D eigenvalue weighted by Gasteiger charge is -2.09. The third-order valence-corrected chi connectivity index (χ3v) is 3.17. The van der Waals surface area contributed by atoms with Crippen LogP contribution < -0.4 is 10.6 Å². The van der Waals surface area contributed by atoms with Gasteiger partial charge in [0, 0.05) is 17.8 Å². The highest BCUT2D eigenvalue weighted by molar-refractivity contribution is 7.13. The van der Waals surface area contributed by atoms with E-state index in [2.05, 4.69) is 29.5 Å². The Morgan fingerprint density at radius 3 is 2.88 bits per heavy atom. The lowest BCUT2D eigenvalue weighted by Crippen LogP contribution is -2.19. The third-order valence-electron chi connectivity index (χ3n) is 2.39. The number of rotatable bonds is 7. The lowest BCUT2D eigenvalue weighted by atomic mass is 10.2. The number of anilines is 1. The minimum atomic E-state index is 0.0440. The summed E-state index contributed by atoms with van der Waals surface area (Å²) in [6.07, 6.45) is 2.52. The van der Waals surface area contributed by atoms with Crippen molar-refractivity contribution >= 4 is 22.4 Å². The highest BCUT2D eigenvalue weighted by atomic mass is 32.1. The Balaban J connectivity index is 2.49. The summed E-state index contributed by atoms with van der Waals surface area (Å²) in [6, 6.07) is 0.239. The Labute approximate surface area is 107 Å². The molecule has 0 aliphatic heterocycles. The highest BCUT2D eigenvalue weighted by Gasteiger charge is 2.10. The van der Waals surface area contributed by atoms with Crippen molar-refractivity contribution in [1.82, 2.24) is 10.3 Å². The topological polar surface area (TPSA) is 54.0 Å². The van der Waals surface area contributed by atoms with E-state index in [1.54, 1.807) is 0 Å². The molecule has 0 aliphatic carbocycles. The second-order valence-corrected chi connectivity index (χ2v) is 4.91. The van der Waals surface area contributed by atoms with E-state index in [-0.39, 0.29) is 11.9 Å². The quantitative estimate of drug-likeness (QED) is 0.787. The number of nitrogens with zero attached hydrogens (tertiary/aromatic N) is 1. The van der Waals surface area contributed by atoms with Crippen LogP contribution in [-0.2, 0) is 4.79 Å². The average Bonchev–Trinajstić information content (AvgIpc) is 2.74. The maximum Gasteiger partial charge on any atom is 0.226 e. The fourth-order valence-corrected chi connectivity index (χ4v) is 2.24. The predicted molar refractivity (Wildman–Crippen MR) is 72.4 cm³/mol. The summed E-state index contributed by atoms with van der Waals surface area (Å²) in [6.45, 7) is 7.19. The molecule has 0 saturated carbocycles. The molecule has 96 valence electrons. The van der Waals surface area contributed by atoms with Gasteiger partial charge in [-0.05, 0) is 26.3 Å². The maximum absolute atomic E-state index is 11.4. The van der Waals surface area contributed by atoms with E-state index in [1.165, 1.54) is 11.3 Å². The summed E-state index contributed by atoms with van der Waals surface area (Å²) in [5.74, 6) is 0.0440. The van der Waals surface area contributed by atoms with Gasteiger partial charge >= 0.3 is 0 Å². The molecule has 0 aromatic carbocycles. The molecule has 0 aliphatic rings. The molecule has 17 heavy (non-hydrogen) atoms. The summed E-state index contributed by atoms with van der Waals surface area (Å²) in [7, 11) is 0. The molecule has 0 saturated heterocycles. The van der Waals surface area contributed by atoms with Crippen molar-refractivity contribution < 1.29 is 4.79 Å². The molecule has 5 heteroatoms. The number of carbonyl (C=O) groups excluding carboxylic acids is 1. The van der Waals surface area contributed by atoms with Gasteiger partial charge in [0.15, 0.2) is 5.13 Å². The van der Waals surface area contributed by atoms with Crippen LogP contribution in [0.5, 0.6) is 0 Å². The van der Waals surface area contributed by atoms with Crippen LogP contribution in [0.2, 0.25) is 0 Å². The van der Waals surface area contributed by atoms with Crippen molar-refractivity contribution in [3.8, 4) is 0 Å². The van der Waals surface area contributed by atoms with Crippen molar-refractivity contribution in [2.24, 2.45) is 0 Å². The summed E-state index contributed by atoms with van der Waals surface area (Å²) in [5.41, 5.74) is 0.996. The molecule has 4 nitrogen and oxygen atoms in total. The molecule has 1 rings (SSSR count). The van der Waals surface area contributed by atoms with Gasteiger partial charge in [0.1, 0.15) is 0 Å². The van der Waals surface area contributed by atoms with Gasteiger partial charge in [0.25, 0.3) is 0 Å². The van der Waals surface area contributed by atoms with Crippen LogP contribution in [0, 0.1) is 0 Å². The molecule has 1 amide bonds. The number of hydrogen-bond acceptors (Lipinski definition) is 4. The van der Waals surface area contributed by atoms with E-state index >= 15 is 0 Å². The van der Waals surface area contributed by atoms with Crippen LogP contribution in [0.15, 0.2) is 5.38 Å². The van der Waals surface area contributed by atoms with E-state index in [0.29, 0.717) is 11.6 Å². The Kier molecular flexibility index (Phi) is 6.15. The predicted octanol–water partition coefficient (Wildman–Crippen LogP) is 2.94. The number of nitrogens with one attached hydrogen (secondary N) is 2. The van der Waals surface area contributed by atoms with E-state index in [1.807, 2.05) is 12.3 Å². The normalized spacial score (nSPS) is 12.4. The molecular weight excluding hydrogens is 234 g/mol. The van der Waals surface area contributed by atoms with Crippen LogP contribution >= 0.6 is 11.3 Å². The minimum Gasteiger partial charge on any atom is -0.309 e. The molecule has 0 radical (unpaired) electrons. The van der Waals surface area contributed by atoms with Crippen LogP contribution in [0.25, 0.3) is 0 Å². The Morgan fingerprint density at radius 1 is 1.47 bits per heavy atom. The third kappa shape index (κ3) is 4.83. The second kappa shape index (κ2) is 7.40. The molecule has 1 atom stereocenters. The highest BCUT2D eigenvalue weighted by Crippen LogP contribution is 2.20. The smallest absolute Gasteiger partial charge is 0.226 e. The van der Waals surface area contributed by atoms with Gasteiger partial charge in [0.05, 0.1) is 5.69 Å². The largest absolute Gasteiger partial charge is 0.309 e. The first-order chi connectivity index (χ1) is 8.17. The SMILES string of the molecule is CCCNC(C)c1csc(NC(=O)CCC)n1. The fraction of sp³-hybridized carbons (Fsp3) is 0.667. The summed E-state index contributed by atoms with van der Waals surface area (Å²) in [5, 5.41) is 8.88. The van der Waals surface area contributed by atoms with Crippen molar-refractivity contribution in [3.63, 3.8) is 0 Å². The first-order valence-corrected chi connectivity index (χ1v) is 7.04. The number of amides is 1. The second-order valence-electron chi connectivity index (χ2n) is 4.05. The zero-order valence-electron chi connectivity index (χ0n) is 10.7. The van der Waals surface area contributed by atoms with Crippen LogP contribution in [-0.4, -0.2) is 17.4 Å². The molecule has 0 fully saturated rings. The van der Waals surface area contributed by atoms with E-state index < -0.39 is 0 Å². The van der Waals surface area contributed by atoms with Gasteiger partial charge in [-0.25, -0.2) is 4.98 Å². The molecule has 0 spiro atoms. The minimum absolute atomic E-state index is 0.0440. The van der Waals surface area contributed by atoms with Crippen molar-refractivity contribution in [2.75, 3.05) is 11.9 Å². The Bertz CT molecular complexity index is 351. The number of hydrogen-bond donors (Lipinski definition) is 2. The van der Waals surface area contributed by atoms with Crippen molar-refractivity contribution in [2.45, 2.75) is 46.1 Å². The monoisotopic (exact) mass is 255 g/mol. The zero-order chi connectivity index (χ0) is 12.7. The summed E-state index contributed by atoms with van der Waals surface area (Å²) < 4.78 is 0. The Hall–Kier alpha value is -0.940. The van der Waals surface area contributed by atoms with Crippen molar-refractivity contribution in [1.29, 1.82) is 0 Å². The standard InChI is InChI=1S/C12H21N3OS/c1-4-6-11(16)15-12-14-10(8-17-12)9(3)13-7-5-2/h8-9,13H,4-7H2,1-3H3,(H,14,15,16). The van der Waals surface area contributed by atoms with Gasteiger partial charge in [-0.2, -0.15) is 0 Å². The molecule has 1 aromatic heterocycles. The number of thiazole rings is 1. The first-order valence-electron chi connectivity index (χ1n) is 6.16. The summed E-state index contributed by atoms with van der Waals surface area (Å²) >= 11 is 1.48. The lowest BCUT2D eigenvalue weighted by molar-refractivity contribution is -0.116. The maximum atomic E-state index is 11.4. The molecule has 1 unspecified atom stereocenters. The van der Waals surface area contributed by atoms with Crippen LogP contribution in [0.3, 0.4) is 0 Å². The van der Waals surface area contributed by atoms with Gasteiger partial charge in [-0.3, -0.25) is 4.79 Å². The van der Waals surface area contributed by atoms with Gasteiger partial charge in [0.2, 0.25) is 5.91 Å². The van der Waals surface area contributed by atoms with Gasteiger partial charge in [-0.15, -0.1) is 11.3 Å². The average molecular weight is 255 g/mol. The van der Waals surface area contributed by atoms with Crippen molar-refractivity contribution in [3.05, 3.63) is 11.1 Å². The molecule has 1 heterocycles. The Morgan fingerprint density at radius 2 is 2.24 bits per heavy atom. The fourth-order valence-electron chi connectivity index (χ4n) is 1.42. The van der Waals surface area contributed by atoms with E-state index in [4.69, 9.17) is 0 Å². The molecular formula is C12H21N3OS. The molecule has 0 bridgehead atoms. The van der Waals surface area contributed by atoms with Crippen LogP contribution in [0.4, 0.5) is 5.13 Å². The number of aromatic nitrogens is 1. The van der Waals surface area contributed by atoms with Gasteiger partial charge < -0.3 is 10.6 Å². The number of carbonyl (C=O) groups is 1. The molecule has 2 N–H and O–H groups in total. The first kappa shape index (κ1) is 14.1. The zero-order valence-corrected chi connectivity index (χ0v) is 11.6. The van der Waals surface area contributed by atoms with E-state index in [9.17, 15) is 4.79 Å². The summed E-state index contributed by atoms with van der Waals surface area (Å²) in [4.78, 5) is 15.8. The van der Waals surface area contributed by atoms with Crippen LogP contribution in [0.1, 0.15) is 51.8 Å². The molecule has 1 aromatic rings. The van der Waals surface area contributed by atoms with E-state index in [0.717, 1.165) is 25.1 Å².